The lowest BCUT2D eigenvalue weighted by Gasteiger charge is -2.39. The van der Waals surface area contributed by atoms with E-state index in [1.165, 1.54) is 0 Å². The molecule has 0 saturated carbocycles. The van der Waals surface area contributed by atoms with E-state index < -0.39 is 23.0 Å². The van der Waals surface area contributed by atoms with Crippen molar-refractivity contribution in [3.05, 3.63) is 102 Å². The summed E-state index contributed by atoms with van der Waals surface area (Å²) in [6.45, 7) is 18.5. The van der Waals surface area contributed by atoms with Gasteiger partial charge in [-0.25, -0.2) is 9.59 Å². The third-order valence-corrected chi connectivity index (χ3v) is 11.2. The number of morpholine rings is 1. The number of hydrogen-bond donors (Lipinski definition) is 0. The normalized spacial score (nSPS) is 13.8. The summed E-state index contributed by atoms with van der Waals surface area (Å²) in [4.78, 5) is 76.4. The van der Waals surface area contributed by atoms with Gasteiger partial charge in [0.25, 0.3) is 0 Å². The predicted molar refractivity (Wildman–Crippen MR) is 236 cm³/mol. The van der Waals surface area contributed by atoms with Crippen LogP contribution in [0.5, 0.6) is 0 Å². The third kappa shape index (κ3) is 12.4. The zero-order valence-corrected chi connectivity index (χ0v) is 36.5. The van der Waals surface area contributed by atoms with Gasteiger partial charge in [0.2, 0.25) is 5.78 Å². The van der Waals surface area contributed by atoms with Gasteiger partial charge in [-0.1, -0.05) is 44.8 Å². The van der Waals surface area contributed by atoms with Gasteiger partial charge < -0.3 is 19.2 Å². The van der Waals surface area contributed by atoms with Crippen LogP contribution in [0.15, 0.2) is 90.6 Å². The Morgan fingerprint density at radius 1 is 0.750 bits per heavy atom. The van der Waals surface area contributed by atoms with Crippen molar-refractivity contribution < 1.29 is 38.3 Å². The van der Waals surface area contributed by atoms with E-state index in [1.54, 1.807) is 12.1 Å². The fourth-order valence-corrected chi connectivity index (χ4v) is 6.96. The van der Waals surface area contributed by atoms with Crippen molar-refractivity contribution >= 4 is 52.1 Å². The Bertz CT molecular complexity index is 1960. The Morgan fingerprint density at radius 3 is 1.80 bits per heavy atom. The third-order valence-electron chi connectivity index (χ3n) is 11.2. The van der Waals surface area contributed by atoms with Crippen LogP contribution in [0.4, 0.5) is 17.1 Å². The molecule has 0 atom stereocenters. The van der Waals surface area contributed by atoms with Gasteiger partial charge in [0, 0.05) is 52.9 Å². The molecule has 1 aliphatic rings. The lowest BCUT2D eigenvalue weighted by Crippen LogP contribution is -2.54. The number of carbonyl (C=O) groups is 5. The molecule has 0 aromatic heterocycles. The summed E-state index contributed by atoms with van der Waals surface area (Å²) in [6, 6.07) is 22.0. The number of carbonyl (C=O) groups excluding carboxylic acids is 5. The lowest BCUT2D eigenvalue weighted by atomic mass is 9.90. The van der Waals surface area contributed by atoms with Crippen molar-refractivity contribution in [3.63, 3.8) is 0 Å². The van der Waals surface area contributed by atoms with Crippen molar-refractivity contribution in [2.24, 2.45) is 5.16 Å². The molecule has 1 aliphatic heterocycles. The summed E-state index contributed by atoms with van der Waals surface area (Å²) in [6.07, 6.45) is 5.19. The number of rotatable bonds is 23. The number of esters is 1. The molecule has 1 heterocycles. The van der Waals surface area contributed by atoms with E-state index in [0.717, 1.165) is 48.9 Å². The molecule has 1 saturated heterocycles. The fourth-order valence-electron chi connectivity index (χ4n) is 6.96. The van der Waals surface area contributed by atoms with Crippen LogP contribution in [-0.2, 0) is 23.9 Å². The summed E-state index contributed by atoms with van der Waals surface area (Å²) in [5, 5.41) is 4.02. The van der Waals surface area contributed by atoms with Gasteiger partial charge >= 0.3 is 11.9 Å². The Hall–Kier alpha value is -5.30. The molecule has 1 fully saturated rings. The molecule has 0 radical (unpaired) electrons. The quantitative estimate of drug-likeness (QED) is 0.0173. The van der Waals surface area contributed by atoms with Gasteiger partial charge in [0.1, 0.15) is 5.71 Å². The van der Waals surface area contributed by atoms with Crippen LogP contribution < -0.4 is 4.90 Å². The van der Waals surface area contributed by atoms with Gasteiger partial charge in [-0.3, -0.25) is 24.2 Å². The number of unbranched alkanes of at least 4 members (excludes halogenated alkanes) is 3. The molecular formula is C48H62N4O8. The first-order valence-corrected chi connectivity index (χ1v) is 21.0. The van der Waals surface area contributed by atoms with Crippen molar-refractivity contribution in [1.29, 1.82) is 0 Å². The molecule has 3 aromatic carbocycles. The minimum atomic E-state index is -0.715. The van der Waals surface area contributed by atoms with Gasteiger partial charge in [0.05, 0.1) is 37.3 Å². The van der Waals surface area contributed by atoms with E-state index in [4.69, 9.17) is 14.3 Å². The summed E-state index contributed by atoms with van der Waals surface area (Å²) < 4.78 is 10.4. The van der Waals surface area contributed by atoms with Crippen LogP contribution in [-0.4, -0.2) is 102 Å². The van der Waals surface area contributed by atoms with E-state index in [-0.39, 0.29) is 42.5 Å². The first-order valence-electron chi connectivity index (χ1n) is 21.0. The van der Waals surface area contributed by atoms with Crippen LogP contribution in [0.25, 0.3) is 0 Å². The highest BCUT2D eigenvalue weighted by Gasteiger charge is 2.36. The summed E-state index contributed by atoms with van der Waals surface area (Å²) in [5.41, 5.74) is 2.53. The van der Waals surface area contributed by atoms with E-state index in [0.29, 0.717) is 55.8 Å². The van der Waals surface area contributed by atoms with Crippen LogP contribution in [0.3, 0.4) is 0 Å². The van der Waals surface area contributed by atoms with Crippen molar-refractivity contribution in [1.82, 2.24) is 9.80 Å². The molecule has 60 heavy (non-hydrogen) atoms. The molecule has 0 bridgehead atoms. The molecule has 322 valence electrons. The van der Waals surface area contributed by atoms with Gasteiger partial charge in [-0.05, 0) is 133 Å². The average Bonchev–Trinajstić information content (AvgIpc) is 3.27. The van der Waals surface area contributed by atoms with Crippen molar-refractivity contribution in [3.8, 4) is 0 Å². The summed E-state index contributed by atoms with van der Waals surface area (Å²) >= 11 is 0. The Morgan fingerprint density at radius 2 is 1.28 bits per heavy atom. The topological polar surface area (TPSA) is 135 Å². The van der Waals surface area contributed by atoms with E-state index in [9.17, 15) is 24.0 Å². The smallest absolute Gasteiger partial charge is 0.335 e. The minimum absolute atomic E-state index is 0.00503. The number of ketones is 3. The molecular weight excluding hydrogens is 761 g/mol. The number of Topliss-reactive ketones (excluding diaryl/α,β-unsaturated/α-hetero) is 3. The maximum atomic E-state index is 13.9. The number of hydrogen-bond acceptors (Lipinski definition) is 12. The highest BCUT2D eigenvalue weighted by molar-refractivity contribution is 6.45. The van der Waals surface area contributed by atoms with Crippen LogP contribution in [0.1, 0.15) is 118 Å². The first-order chi connectivity index (χ1) is 28.6. The van der Waals surface area contributed by atoms with Crippen molar-refractivity contribution in [2.45, 2.75) is 97.6 Å². The SMILES string of the molecule is C=CC(=O)OCCCC(=O)O/N=C(\CCCCCC)C(=O)c1ccc(N(c2ccc(C(=O)C(C)(C)N(C)CC)cc2)c2ccc(C(=O)C(C)(C)N3CCOCC3)cc2)cc1. The summed E-state index contributed by atoms with van der Waals surface area (Å²) in [5.74, 6) is -1.55. The first kappa shape index (κ1) is 47.4. The van der Waals surface area contributed by atoms with Crippen LogP contribution in [0.2, 0.25) is 0 Å². The second kappa shape index (κ2) is 22.3. The standard InChI is InChI=1S/C48H62N4O8/c1-9-12-13-14-16-41(49-60-43(54)17-15-32-59-42(53)10-2)44(55)35-18-24-38(25-19-35)52(39-26-20-36(21-27-39)45(56)47(4,5)50(8)11-3)40-28-22-37(23-29-40)46(57)48(6,7)51-30-33-58-34-31-51/h10,18-29H,2,9,11-17,30-34H2,1,3-8H3/b49-41+. The number of oxime groups is 1. The maximum absolute atomic E-state index is 13.9. The Kier molecular flexibility index (Phi) is 17.6. The van der Waals surface area contributed by atoms with Gasteiger partial charge in [-0.15, -0.1) is 0 Å². The zero-order valence-electron chi connectivity index (χ0n) is 36.5. The molecule has 0 spiro atoms. The van der Waals surface area contributed by atoms with E-state index >= 15 is 0 Å². The highest BCUT2D eigenvalue weighted by Crippen LogP contribution is 2.36. The molecule has 12 nitrogen and oxygen atoms in total. The van der Waals surface area contributed by atoms with E-state index in [2.05, 4.69) is 23.6 Å². The fraction of sp³-hybridized carbons (Fsp3) is 0.458. The Labute approximate surface area is 355 Å². The Balaban J connectivity index is 1.65. The molecule has 0 amide bonds. The number of likely N-dealkylation sites (N-methyl/N-ethyl adjacent to an activating group) is 1. The van der Waals surface area contributed by atoms with Crippen molar-refractivity contribution in [2.75, 3.05) is 51.4 Å². The number of ether oxygens (including phenoxy) is 2. The molecule has 3 aromatic rings. The maximum Gasteiger partial charge on any atom is 0.335 e. The molecule has 0 N–H and O–H groups in total. The predicted octanol–water partition coefficient (Wildman–Crippen LogP) is 8.92. The van der Waals surface area contributed by atoms with Crippen LogP contribution in [0, 0.1) is 0 Å². The summed E-state index contributed by atoms with van der Waals surface area (Å²) in [7, 11) is 1.93. The second-order valence-electron chi connectivity index (χ2n) is 16.0. The largest absolute Gasteiger partial charge is 0.463 e. The van der Waals surface area contributed by atoms with Crippen LogP contribution >= 0.6 is 0 Å². The molecule has 12 heteroatoms. The number of benzene rings is 3. The second-order valence-corrected chi connectivity index (χ2v) is 16.0. The van der Waals surface area contributed by atoms with Gasteiger partial charge in [-0.2, -0.15) is 0 Å². The number of anilines is 3. The molecule has 4 rings (SSSR count). The average molecular weight is 823 g/mol. The minimum Gasteiger partial charge on any atom is -0.463 e. The number of nitrogens with zero attached hydrogens (tertiary/aromatic N) is 4. The van der Waals surface area contributed by atoms with E-state index in [1.807, 2.05) is 112 Å². The lowest BCUT2D eigenvalue weighted by molar-refractivity contribution is -0.145. The highest BCUT2D eigenvalue weighted by atomic mass is 16.7. The molecule has 0 unspecified atom stereocenters. The van der Waals surface area contributed by atoms with Gasteiger partial charge in [0.15, 0.2) is 11.6 Å². The zero-order chi connectivity index (χ0) is 43.9. The molecule has 0 aliphatic carbocycles. The monoisotopic (exact) mass is 822 g/mol.